The minimum absolute atomic E-state index is 0.103. The zero-order valence-corrected chi connectivity index (χ0v) is 20.2. The van der Waals surface area contributed by atoms with Crippen molar-refractivity contribution in [1.29, 1.82) is 0 Å². The molecular formula is C27H29N7O2. The Morgan fingerprint density at radius 2 is 1.81 bits per heavy atom. The van der Waals surface area contributed by atoms with Crippen LogP contribution in [0, 0.1) is 0 Å². The molecule has 0 amide bonds. The molecule has 0 spiro atoms. The summed E-state index contributed by atoms with van der Waals surface area (Å²) in [5.74, 6) is 2.24. The number of rotatable bonds is 6. The van der Waals surface area contributed by atoms with E-state index in [1.165, 1.54) is 18.4 Å². The number of piperidine rings is 1. The van der Waals surface area contributed by atoms with Crippen LogP contribution < -0.4 is 16.2 Å². The maximum absolute atomic E-state index is 13.0. The molecule has 0 bridgehead atoms. The predicted molar refractivity (Wildman–Crippen MR) is 140 cm³/mol. The summed E-state index contributed by atoms with van der Waals surface area (Å²) in [5, 5.41) is 7.91. The second-order valence-corrected chi connectivity index (χ2v) is 9.52. The van der Waals surface area contributed by atoms with Crippen LogP contribution >= 0.6 is 0 Å². The van der Waals surface area contributed by atoms with Crippen molar-refractivity contribution < 1.29 is 4.74 Å². The smallest absolute Gasteiger partial charge is 0.261 e. The van der Waals surface area contributed by atoms with Crippen molar-refractivity contribution in [2.45, 2.75) is 24.8 Å². The second kappa shape index (κ2) is 9.67. The van der Waals surface area contributed by atoms with E-state index in [0.29, 0.717) is 34.8 Å². The Morgan fingerprint density at radius 1 is 1.00 bits per heavy atom. The molecule has 36 heavy (non-hydrogen) atoms. The zero-order valence-electron chi connectivity index (χ0n) is 20.2. The van der Waals surface area contributed by atoms with E-state index < -0.39 is 0 Å². The molecule has 0 unspecified atom stereocenters. The third-order valence-corrected chi connectivity index (χ3v) is 7.19. The Hall–Kier alpha value is -3.82. The van der Waals surface area contributed by atoms with Gasteiger partial charge in [-0.1, -0.05) is 12.1 Å². The predicted octanol–water partition coefficient (Wildman–Crippen LogP) is 3.79. The standard InChI is InChI=1S/C27H29N7O2/c1-33-11-6-20-14-23(31-24-15-28-9-10-29-24)32-26(25(20)27(33)35)30-21-4-2-18(3-5-21)19-7-12-34(13-8-19)22-16-36-17-22/h2-6,9-11,14-15,19,22H,7-8,12-13,16-17H2,1H3,(H2,29,30,31,32). The number of nitrogens with one attached hydrogen (secondary N) is 2. The van der Waals surface area contributed by atoms with Crippen molar-refractivity contribution in [3.05, 3.63) is 77.1 Å². The molecule has 2 saturated heterocycles. The third kappa shape index (κ3) is 4.55. The first-order valence-corrected chi connectivity index (χ1v) is 12.4. The van der Waals surface area contributed by atoms with Crippen LogP contribution in [0.2, 0.25) is 0 Å². The van der Waals surface area contributed by atoms with E-state index in [9.17, 15) is 4.79 Å². The Balaban J connectivity index is 1.24. The van der Waals surface area contributed by atoms with Gasteiger partial charge in [-0.05, 0) is 67.1 Å². The number of nitrogens with zero attached hydrogens (tertiary/aromatic N) is 5. The van der Waals surface area contributed by atoms with E-state index in [4.69, 9.17) is 9.72 Å². The molecule has 2 N–H and O–H groups in total. The van der Waals surface area contributed by atoms with Crippen molar-refractivity contribution >= 4 is 33.9 Å². The number of anilines is 4. The van der Waals surface area contributed by atoms with Crippen LogP contribution in [0.5, 0.6) is 0 Å². The number of ether oxygens (including phenoxy) is 1. The summed E-state index contributed by atoms with van der Waals surface area (Å²) < 4.78 is 6.92. The van der Waals surface area contributed by atoms with Gasteiger partial charge in [0.05, 0.1) is 30.8 Å². The molecule has 0 atom stereocenters. The summed E-state index contributed by atoms with van der Waals surface area (Å²) in [6, 6.07) is 12.9. The van der Waals surface area contributed by atoms with Gasteiger partial charge in [0, 0.05) is 31.3 Å². The van der Waals surface area contributed by atoms with Crippen LogP contribution in [0.4, 0.5) is 23.1 Å². The molecule has 9 nitrogen and oxygen atoms in total. The highest BCUT2D eigenvalue weighted by molar-refractivity contribution is 5.94. The van der Waals surface area contributed by atoms with Gasteiger partial charge in [-0.25, -0.2) is 9.97 Å². The zero-order chi connectivity index (χ0) is 24.5. The van der Waals surface area contributed by atoms with Gasteiger partial charge in [0.2, 0.25) is 0 Å². The third-order valence-electron chi connectivity index (χ3n) is 7.19. The molecule has 2 fully saturated rings. The van der Waals surface area contributed by atoms with E-state index in [1.54, 1.807) is 36.4 Å². The van der Waals surface area contributed by atoms with Gasteiger partial charge in [0.25, 0.3) is 5.56 Å². The molecule has 4 aromatic rings. The van der Waals surface area contributed by atoms with Gasteiger partial charge in [0.15, 0.2) is 0 Å². The van der Waals surface area contributed by atoms with Crippen LogP contribution in [0.3, 0.4) is 0 Å². The molecule has 0 aliphatic carbocycles. The minimum atomic E-state index is -0.103. The first-order chi connectivity index (χ1) is 17.6. The molecule has 0 radical (unpaired) electrons. The number of fused-ring (bicyclic) bond motifs is 1. The van der Waals surface area contributed by atoms with Crippen molar-refractivity contribution in [1.82, 2.24) is 24.4 Å². The summed E-state index contributed by atoms with van der Waals surface area (Å²) in [5.41, 5.74) is 2.14. The highest BCUT2D eigenvalue weighted by Gasteiger charge is 2.30. The highest BCUT2D eigenvalue weighted by atomic mass is 16.5. The molecule has 2 aliphatic heterocycles. The lowest BCUT2D eigenvalue weighted by Crippen LogP contribution is -2.51. The SMILES string of the molecule is Cn1ccc2cc(Nc3cnccn3)nc(Nc3ccc(C4CCN(C5COC5)CC4)cc3)c2c1=O. The Labute approximate surface area is 209 Å². The molecule has 1 aromatic carbocycles. The molecule has 5 heterocycles. The Bertz CT molecular complexity index is 1410. The first kappa shape index (κ1) is 22.6. The lowest BCUT2D eigenvalue weighted by molar-refractivity contribution is -0.0712. The number of hydrogen-bond donors (Lipinski definition) is 2. The van der Waals surface area contributed by atoms with Gasteiger partial charge in [-0.3, -0.25) is 14.7 Å². The van der Waals surface area contributed by atoms with Crippen molar-refractivity contribution in [3.63, 3.8) is 0 Å². The number of pyridine rings is 2. The van der Waals surface area contributed by atoms with Gasteiger partial charge in [0.1, 0.15) is 17.5 Å². The largest absolute Gasteiger partial charge is 0.378 e. The maximum Gasteiger partial charge on any atom is 0.261 e. The van der Waals surface area contributed by atoms with Crippen LogP contribution in [0.25, 0.3) is 10.8 Å². The van der Waals surface area contributed by atoms with Crippen LogP contribution in [-0.4, -0.2) is 56.8 Å². The fraction of sp³-hybridized carbons (Fsp3) is 0.333. The van der Waals surface area contributed by atoms with Gasteiger partial charge >= 0.3 is 0 Å². The molecular weight excluding hydrogens is 454 g/mol. The molecule has 0 saturated carbocycles. The van der Waals surface area contributed by atoms with Gasteiger partial charge in [-0.2, -0.15) is 0 Å². The van der Waals surface area contributed by atoms with Gasteiger partial charge in [-0.15, -0.1) is 0 Å². The summed E-state index contributed by atoms with van der Waals surface area (Å²) in [4.78, 5) is 28.7. The van der Waals surface area contributed by atoms with Crippen LogP contribution in [0.15, 0.2) is 66.0 Å². The maximum atomic E-state index is 13.0. The van der Waals surface area contributed by atoms with Crippen molar-refractivity contribution in [2.24, 2.45) is 7.05 Å². The number of hydrogen-bond acceptors (Lipinski definition) is 8. The van der Waals surface area contributed by atoms with E-state index in [2.05, 4.69) is 49.8 Å². The molecule has 184 valence electrons. The average molecular weight is 484 g/mol. The molecule has 6 rings (SSSR count). The second-order valence-electron chi connectivity index (χ2n) is 9.52. The summed E-state index contributed by atoms with van der Waals surface area (Å²) in [7, 11) is 1.75. The quantitative estimate of drug-likeness (QED) is 0.428. The molecule has 2 aliphatic rings. The Kier molecular flexibility index (Phi) is 6.08. The minimum Gasteiger partial charge on any atom is -0.378 e. The highest BCUT2D eigenvalue weighted by Crippen LogP contribution is 2.32. The van der Waals surface area contributed by atoms with Gasteiger partial charge < -0.3 is 19.9 Å². The number of likely N-dealkylation sites (tertiary alicyclic amines) is 1. The van der Waals surface area contributed by atoms with E-state index >= 15 is 0 Å². The van der Waals surface area contributed by atoms with E-state index in [1.807, 2.05) is 12.1 Å². The number of aromatic nitrogens is 4. The molecule has 9 heteroatoms. The van der Waals surface area contributed by atoms with E-state index in [-0.39, 0.29) is 5.56 Å². The number of benzene rings is 1. The lowest BCUT2D eigenvalue weighted by Gasteiger charge is -2.41. The Morgan fingerprint density at radius 3 is 2.50 bits per heavy atom. The fourth-order valence-electron chi connectivity index (χ4n) is 5.01. The van der Waals surface area contributed by atoms with Crippen LogP contribution in [0.1, 0.15) is 24.3 Å². The van der Waals surface area contributed by atoms with Crippen molar-refractivity contribution in [3.8, 4) is 0 Å². The average Bonchev–Trinajstić information content (AvgIpc) is 2.87. The summed E-state index contributed by atoms with van der Waals surface area (Å²) in [6.45, 7) is 4.02. The lowest BCUT2D eigenvalue weighted by atomic mass is 9.88. The number of aryl methyl sites for hydroxylation is 1. The summed E-state index contributed by atoms with van der Waals surface area (Å²) in [6.07, 6.45) is 8.96. The topological polar surface area (TPSA) is 97.2 Å². The monoisotopic (exact) mass is 483 g/mol. The first-order valence-electron chi connectivity index (χ1n) is 12.4. The van der Waals surface area contributed by atoms with E-state index in [0.717, 1.165) is 37.4 Å². The summed E-state index contributed by atoms with van der Waals surface area (Å²) >= 11 is 0. The fourth-order valence-corrected chi connectivity index (χ4v) is 5.01. The normalized spacial score (nSPS) is 17.1. The molecule has 3 aromatic heterocycles. The van der Waals surface area contributed by atoms with Crippen molar-refractivity contribution in [2.75, 3.05) is 36.9 Å². The van der Waals surface area contributed by atoms with Crippen LogP contribution in [-0.2, 0) is 11.8 Å².